The van der Waals surface area contributed by atoms with Crippen LogP contribution in [-0.2, 0) is 0 Å². The van der Waals surface area contributed by atoms with Crippen molar-refractivity contribution in [2.24, 2.45) is 0 Å². The molecule has 0 saturated carbocycles. The SMILES string of the molecule is O=c1c([N+](=O)[O-])c(Oc2ccc(Sc3ccncc3)cc2)nc2ccccn12. The van der Waals surface area contributed by atoms with Crippen LogP contribution in [0.3, 0.4) is 0 Å². The molecule has 1 aromatic carbocycles. The summed E-state index contributed by atoms with van der Waals surface area (Å²) in [5, 5.41) is 11.4. The Hall–Kier alpha value is -3.72. The molecule has 0 N–H and O–H groups in total. The number of aromatic nitrogens is 3. The van der Waals surface area contributed by atoms with Gasteiger partial charge in [-0.1, -0.05) is 17.8 Å². The monoisotopic (exact) mass is 392 g/mol. The highest BCUT2D eigenvalue weighted by Gasteiger charge is 2.25. The van der Waals surface area contributed by atoms with Crippen LogP contribution in [0.2, 0.25) is 0 Å². The van der Waals surface area contributed by atoms with Crippen molar-refractivity contribution >= 4 is 23.1 Å². The second kappa shape index (κ2) is 7.49. The molecule has 8 nitrogen and oxygen atoms in total. The number of hydrogen-bond acceptors (Lipinski definition) is 7. The van der Waals surface area contributed by atoms with Crippen LogP contribution in [0.25, 0.3) is 5.65 Å². The first kappa shape index (κ1) is 17.7. The van der Waals surface area contributed by atoms with Crippen LogP contribution in [0.5, 0.6) is 11.6 Å². The van der Waals surface area contributed by atoms with E-state index in [0.29, 0.717) is 5.75 Å². The summed E-state index contributed by atoms with van der Waals surface area (Å²) in [4.78, 5) is 33.1. The van der Waals surface area contributed by atoms with E-state index in [1.807, 2.05) is 24.3 Å². The summed E-state index contributed by atoms with van der Waals surface area (Å²) in [6, 6.07) is 15.6. The van der Waals surface area contributed by atoms with Gasteiger partial charge in [-0.25, -0.2) is 0 Å². The Morgan fingerprint density at radius 3 is 2.43 bits per heavy atom. The summed E-state index contributed by atoms with van der Waals surface area (Å²) in [5.74, 6) is 0.00472. The van der Waals surface area contributed by atoms with Crippen molar-refractivity contribution in [1.29, 1.82) is 0 Å². The third-order valence-electron chi connectivity index (χ3n) is 3.78. The van der Waals surface area contributed by atoms with E-state index in [1.54, 1.807) is 54.5 Å². The molecule has 3 heterocycles. The molecule has 0 fully saturated rings. The maximum atomic E-state index is 12.4. The van der Waals surface area contributed by atoms with E-state index in [1.165, 1.54) is 6.20 Å². The van der Waals surface area contributed by atoms with E-state index in [2.05, 4.69) is 9.97 Å². The largest absolute Gasteiger partial charge is 0.433 e. The number of ether oxygens (including phenoxy) is 1. The topological polar surface area (TPSA) is 99.6 Å². The molecule has 0 bridgehead atoms. The smallest absolute Gasteiger partial charge is 0.396 e. The quantitative estimate of drug-likeness (QED) is 0.374. The van der Waals surface area contributed by atoms with Crippen LogP contribution in [0.15, 0.2) is 87.8 Å². The molecule has 0 saturated heterocycles. The molecule has 0 amide bonds. The van der Waals surface area contributed by atoms with Crippen molar-refractivity contribution in [3.05, 3.63) is 93.7 Å². The Labute approximate surface area is 162 Å². The zero-order valence-electron chi connectivity index (χ0n) is 14.3. The lowest BCUT2D eigenvalue weighted by Gasteiger charge is -2.08. The van der Waals surface area contributed by atoms with Gasteiger partial charge in [-0.05, 0) is 48.5 Å². The number of nitro groups is 1. The lowest BCUT2D eigenvalue weighted by atomic mass is 10.3. The third kappa shape index (κ3) is 3.55. The van der Waals surface area contributed by atoms with E-state index in [9.17, 15) is 14.9 Å². The van der Waals surface area contributed by atoms with E-state index >= 15 is 0 Å². The predicted molar refractivity (Wildman–Crippen MR) is 103 cm³/mol. The first-order valence-electron chi connectivity index (χ1n) is 8.13. The van der Waals surface area contributed by atoms with Gasteiger partial charge in [0.2, 0.25) is 0 Å². The van der Waals surface area contributed by atoms with Gasteiger partial charge in [-0.2, -0.15) is 4.98 Å². The number of hydrogen-bond donors (Lipinski definition) is 0. The first-order valence-corrected chi connectivity index (χ1v) is 8.95. The number of benzene rings is 1. The molecule has 0 aliphatic carbocycles. The van der Waals surface area contributed by atoms with Gasteiger partial charge >= 0.3 is 17.1 Å². The minimum atomic E-state index is -0.796. The molecule has 4 rings (SSSR count). The summed E-state index contributed by atoms with van der Waals surface area (Å²) in [7, 11) is 0. The molecule has 3 aromatic heterocycles. The van der Waals surface area contributed by atoms with Gasteiger partial charge in [0.1, 0.15) is 11.4 Å². The minimum absolute atomic E-state index is 0.262. The molecular formula is C19H12N4O4S. The molecule has 0 unspecified atom stereocenters. The lowest BCUT2D eigenvalue weighted by molar-refractivity contribution is -0.387. The fourth-order valence-corrected chi connectivity index (χ4v) is 3.32. The Balaban J connectivity index is 1.65. The molecule has 0 aliphatic rings. The van der Waals surface area contributed by atoms with Gasteiger partial charge in [-0.15, -0.1) is 0 Å². The Kier molecular flexibility index (Phi) is 4.73. The van der Waals surface area contributed by atoms with Crippen molar-refractivity contribution in [3.8, 4) is 11.6 Å². The molecule has 0 radical (unpaired) electrons. The third-order valence-corrected chi connectivity index (χ3v) is 4.80. The number of rotatable bonds is 5. The molecule has 0 spiro atoms. The maximum Gasteiger partial charge on any atom is 0.396 e. The second-order valence-electron chi connectivity index (χ2n) is 5.62. The lowest BCUT2D eigenvalue weighted by Crippen LogP contribution is -2.19. The summed E-state index contributed by atoms with van der Waals surface area (Å²) in [5.41, 5.74) is -1.24. The van der Waals surface area contributed by atoms with Gasteiger partial charge in [0.05, 0.1) is 4.92 Å². The van der Waals surface area contributed by atoms with Crippen molar-refractivity contribution < 1.29 is 9.66 Å². The molecular weight excluding hydrogens is 380 g/mol. The fraction of sp³-hybridized carbons (Fsp3) is 0. The predicted octanol–water partition coefficient (Wildman–Crippen LogP) is 3.94. The van der Waals surface area contributed by atoms with Crippen molar-refractivity contribution in [2.45, 2.75) is 9.79 Å². The van der Waals surface area contributed by atoms with Crippen LogP contribution >= 0.6 is 11.8 Å². The molecule has 138 valence electrons. The van der Waals surface area contributed by atoms with E-state index < -0.39 is 16.2 Å². The highest BCUT2D eigenvalue weighted by molar-refractivity contribution is 7.99. The molecule has 0 aliphatic heterocycles. The summed E-state index contributed by atoms with van der Waals surface area (Å²) < 4.78 is 6.69. The zero-order valence-corrected chi connectivity index (χ0v) is 15.1. The number of nitrogens with zero attached hydrogens (tertiary/aromatic N) is 4. The van der Waals surface area contributed by atoms with Gasteiger partial charge in [0.15, 0.2) is 0 Å². The average Bonchev–Trinajstić information content (AvgIpc) is 2.70. The Morgan fingerprint density at radius 1 is 1.00 bits per heavy atom. The normalized spacial score (nSPS) is 10.7. The Bertz CT molecular complexity index is 1210. The molecule has 4 aromatic rings. The highest BCUT2D eigenvalue weighted by atomic mass is 32.2. The summed E-state index contributed by atoms with van der Waals surface area (Å²) in [6.45, 7) is 0. The van der Waals surface area contributed by atoms with Gasteiger partial charge in [0.25, 0.3) is 0 Å². The first-order chi connectivity index (χ1) is 13.6. The second-order valence-corrected chi connectivity index (χ2v) is 6.76. The molecule has 9 heteroatoms. The van der Waals surface area contributed by atoms with E-state index in [4.69, 9.17) is 4.74 Å². The standard InChI is InChI=1S/C19H12N4O4S/c24-19-17(23(25)26)18(21-16-3-1-2-12-22(16)19)27-13-4-6-14(7-5-13)28-15-8-10-20-11-9-15/h1-12H. The van der Waals surface area contributed by atoms with Crippen LogP contribution < -0.4 is 10.3 Å². The molecule has 0 atom stereocenters. The van der Waals surface area contributed by atoms with Crippen LogP contribution in [0.4, 0.5) is 5.69 Å². The van der Waals surface area contributed by atoms with Crippen molar-refractivity contribution in [1.82, 2.24) is 14.4 Å². The number of fused-ring (bicyclic) bond motifs is 1. The highest BCUT2D eigenvalue weighted by Crippen LogP contribution is 2.31. The van der Waals surface area contributed by atoms with Crippen LogP contribution in [0.1, 0.15) is 0 Å². The minimum Gasteiger partial charge on any atom is -0.433 e. The average molecular weight is 392 g/mol. The zero-order chi connectivity index (χ0) is 19.5. The summed E-state index contributed by atoms with van der Waals surface area (Å²) >= 11 is 1.54. The number of pyridine rings is 2. The van der Waals surface area contributed by atoms with Gasteiger partial charge in [0, 0.05) is 28.4 Å². The van der Waals surface area contributed by atoms with Crippen molar-refractivity contribution in [3.63, 3.8) is 0 Å². The van der Waals surface area contributed by atoms with Crippen molar-refractivity contribution in [2.75, 3.05) is 0 Å². The fourth-order valence-electron chi connectivity index (χ4n) is 2.52. The van der Waals surface area contributed by atoms with E-state index in [-0.39, 0.29) is 11.5 Å². The molecule has 28 heavy (non-hydrogen) atoms. The van der Waals surface area contributed by atoms with Gasteiger partial charge in [-0.3, -0.25) is 24.3 Å². The van der Waals surface area contributed by atoms with Gasteiger partial charge < -0.3 is 4.74 Å². The van der Waals surface area contributed by atoms with Crippen LogP contribution in [0, 0.1) is 10.1 Å². The van der Waals surface area contributed by atoms with E-state index in [0.717, 1.165) is 14.2 Å². The van der Waals surface area contributed by atoms with Crippen LogP contribution in [-0.4, -0.2) is 19.3 Å². The maximum absolute atomic E-state index is 12.4. The summed E-state index contributed by atoms with van der Waals surface area (Å²) in [6.07, 6.45) is 4.85. The Morgan fingerprint density at radius 2 is 1.71 bits per heavy atom.